The maximum absolute atomic E-state index is 13.2. The van der Waals surface area contributed by atoms with Crippen molar-refractivity contribution < 1.29 is 4.39 Å². The average molecular weight is 267 g/mol. The van der Waals surface area contributed by atoms with Crippen LogP contribution in [-0.2, 0) is 0 Å². The molecule has 0 bridgehead atoms. The maximum Gasteiger partial charge on any atom is 0.128 e. The highest BCUT2D eigenvalue weighted by molar-refractivity contribution is 9.10. The van der Waals surface area contributed by atoms with Crippen molar-refractivity contribution in [1.82, 2.24) is 5.32 Å². The molecule has 1 fully saturated rings. The lowest BCUT2D eigenvalue weighted by molar-refractivity contribution is 0.370. The number of halogens is 3. The lowest BCUT2D eigenvalue weighted by Gasteiger charge is -2.28. The summed E-state index contributed by atoms with van der Waals surface area (Å²) < 4.78 is 14.1. The molecule has 0 aliphatic carbocycles. The van der Waals surface area contributed by atoms with E-state index in [9.17, 15) is 4.39 Å². The minimum Gasteiger partial charge on any atom is -0.310 e. The second kappa shape index (κ2) is 4.40. The Hall–Kier alpha value is -0.120. The Morgan fingerprint density at radius 1 is 1.46 bits per heavy atom. The normalized spacial score (nSPS) is 20.3. The molecule has 0 aromatic heterocycles. The largest absolute Gasteiger partial charge is 0.310 e. The Bertz CT molecular complexity index is 302. The van der Waals surface area contributed by atoms with Crippen LogP contribution in [-0.4, -0.2) is 6.54 Å². The molecule has 0 radical (unpaired) electrons. The van der Waals surface area contributed by atoms with Crippen molar-refractivity contribution in [2.24, 2.45) is 0 Å². The topological polar surface area (TPSA) is 12.0 Å². The van der Waals surface area contributed by atoms with Gasteiger partial charge in [0.15, 0.2) is 0 Å². The standard InChI is InChI=1S/C9H9BrFN.ClH/c10-6-1-2-8(11)7(5-6)9-3-4-12-9;/h1-2,5,9,12H,3-4H2;1H/t9-;/m1./s1. The Labute approximate surface area is 91.3 Å². The molecule has 1 aromatic carbocycles. The number of nitrogens with one attached hydrogen (secondary N) is 1. The number of hydrogen-bond donors (Lipinski definition) is 1. The molecule has 13 heavy (non-hydrogen) atoms. The highest BCUT2D eigenvalue weighted by atomic mass is 79.9. The minimum atomic E-state index is -0.115. The Morgan fingerprint density at radius 2 is 2.15 bits per heavy atom. The summed E-state index contributed by atoms with van der Waals surface area (Å²) in [4.78, 5) is 0. The molecule has 1 saturated heterocycles. The van der Waals surface area contributed by atoms with Gasteiger partial charge in [0.25, 0.3) is 0 Å². The van der Waals surface area contributed by atoms with Gasteiger partial charge in [-0.25, -0.2) is 4.39 Å². The van der Waals surface area contributed by atoms with Gasteiger partial charge in [0.05, 0.1) is 0 Å². The molecule has 0 saturated carbocycles. The summed E-state index contributed by atoms with van der Waals surface area (Å²) in [5, 5.41) is 3.17. The molecule has 1 N–H and O–H groups in total. The first kappa shape index (κ1) is 11.0. The van der Waals surface area contributed by atoms with E-state index in [0.717, 1.165) is 23.0 Å². The summed E-state index contributed by atoms with van der Waals surface area (Å²) in [6.45, 7) is 0.997. The summed E-state index contributed by atoms with van der Waals surface area (Å²) in [6, 6.07) is 5.28. The van der Waals surface area contributed by atoms with E-state index >= 15 is 0 Å². The second-order valence-electron chi connectivity index (χ2n) is 2.96. The van der Waals surface area contributed by atoms with Crippen LogP contribution >= 0.6 is 28.3 Å². The van der Waals surface area contributed by atoms with Gasteiger partial charge in [0.2, 0.25) is 0 Å². The lowest BCUT2D eigenvalue weighted by atomic mass is 9.98. The number of benzene rings is 1. The lowest BCUT2D eigenvalue weighted by Crippen LogP contribution is -2.35. The van der Waals surface area contributed by atoms with Crippen molar-refractivity contribution in [2.45, 2.75) is 12.5 Å². The quantitative estimate of drug-likeness (QED) is 0.824. The zero-order valence-corrected chi connectivity index (χ0v) is 9.29. The van der Waals surface area contributed by atoms with E-state index < -0.39 is 0 Å². The molecule has 1 heterocycles. The molecule has 1 nitrogen and oxygen atoms in total. The Balaban J connectivity index is 0.000000845. The third-order valence-corrected chi connectivity index (χ3v) is 2.65. The molecule has 72 valence electrons. The average Bonchev–Trinajstić information content (AvgIpc) is 1.93. The van der Waals surface area contributed by atoms with Gasteiger partial charge >= 0.3 is 0 Å². The third kappa shape index (κ3) is 2.22. The fourth-order valence-corrected chi connectivity index (χ4v) is 1.71. The van der Waals surface area contributed by atoms with Crippen molar-refractivity contribution in [3.05, 3.63) is 34.1 Å². The van der Waals surface area contributed by atoms with E-state index in [-0.39, 0.29) is 24.3 Å². The van der Waals surface area contributed by atoms with Gasteiger partial charge in [-0.05, 0) is 31.2 Å². The minimum absolute atomic E-state index is 0. The molecular weight excluding hydrogens is 256 g/mol. The van der Waals surface area contributed by atoms with E-state index in [2.05, 4.69) is 21.2 Å². The summed E-state index contributed by atoms with van der Waals surface area (Å²) in [6.07, 6.45) is 1.04. The summed E-state index contributed by atoms with van der Waals surface area (Å²) in [5.74, 6) is -0.115. The van der Waals surface area contributed by atoms with E-state index in [4.69, 9.17) is 0 Å². The number of hydrogen-bond acceptors (Lipinski definition) is 1. The first-order chi connectivity index (χ1) is 5.77. The molecule has 4 heteroatoms. The van der Waals surface area contributed by atoms with Crippen LogP contribution in [0, 0.1) is 5.82 Å². The zero-order chi connectivity index (χ0) is 8.55. The van der Waals surface area contributed by atoms with Crippen LogP contribution in [0.3, 0.4) is 0 Å². The number of rotatable bonds is 1. The summed E-state index contributed by atoms with van der Waals surface area (Å²) >= 11 is 3.32. The summed E-state index contributed by atoms with van der Waals surface area (Å²) in [7, 11) is 0. The Morgan fingerprint density at radius 3 is 2.69 bits per heavy atom. The molecule has 2 rings (SSSR count). The molecular formula is C9H10BrClFN. The molecule has 0 spiro atoms. The molecule has 1 aliphatic heterocycles. The summed E-state index contributed by atoms with van der Waals surface area (Å²) in [5.41, 5.74) is 0.774. The highest BCUT2D eigenvalue weighted by Crippen LogP contribution is 2.27. The van der Waals surface area contributed by atoms with Crippen LogP contribution in [0.2, 0.25) is 0 Å². The van der Waals surface area contributed by atoms with Crippen molar-refractivity contribution in [3.8, 4) is 0 Å². The van der Waals surface area contributed by atoms with Gasteiger partial charge in [0.1, 0.15) is 5.82 Å². The van der Waals surface area contributed by atoms with Gasteiger partial charge in [-0.2, -0.15) is 0 Å². The van der Waals surface area contributed by atoms with Crippen molar-refractivity contribution in [3.63, 3.8) is 0 Å². The molecule has 1 atom stereocenters. The predicted molar refractivity (Wildman–Crippen MR) is 56.7 cm³/mol. The SMILES string of the molecule is Cl.Fc1ccc(Br)cc1[C@H]1CCN1. The van der Waals surface area contributed by atoms with E-state index in [1.54, 1.807) is 6.07 Å². The predicted octanol–water partition coefficient (Wildman–Crippen LogP) is 3.04. The second-order valence-corrected chi connectivity index (χ2v) is 3.88. The van der Waals surface area contributed by atoms with Gasteiger partial charge in [0, 0.05) is 16.1 Å². The van der Waals surface area contributed by atoms with Crippen LogP contribution in [0.25, 0.3) is 0 Å². The monoisotopic (exact) mass is 265 g/mol. The van der Waals surface area contributed by atoms with Gasteiger partial charge in [-0.15, -0.1) is 12.4 Å². The first-order valence-corrected chi connectivity index (χ1v) is 4.75. The third-order valence-electron chi connectivity index (χ3n) is 2.16. The van der Waals surface area contributed by atoms with Crippen molar-refractivity contribution in [1.29, 1.82) is 0 Å². The van der Waals surface area contributed by atoms with Crippen molar-refractivity contribution in [2.75, 3.05) is 6.54 Å². The highest BCUT2D eigenvalue weighted by Gasteiger charge is 2.21. The fraction of sp³-hybridized carbons (Fsp3) is 0.333. The molecule has 1 aromatic rings. The molecule has 0 unspecified atom stereocenters. The van der Waals surface area contributed by atoms with E-state index in [1.807, 2.05) is 6.07 Å². The zero-order valence-electron chi connectivity index (χ0n) is 6.89. The Kier molecular flexibility index (Phi) is 3.71. The van der Waals surface area contributed by atoms with Crippen molar-refractivity contribution >= 4 is 28.3 Å². The molecule has 0 amide bonds. The van der Waals surface area contributed by atoms with Crippen LogP contribution in [0.1, 0.15) is 18.0 Å². The van der Waals surface area contributed by atoms with Gasteiger partial charge < -0.3 is 5.32 Å². The first-order valence-electron chi connectivity index (χ1n) is 3.96. The maximum atomic E-state index is 13.2. The van der Waals surface area contributed by atoms with E-state index in [1.165, 1.54) is 6.07 Å². The van der Waals surface area contributed by atoms with Crippen LogP contribution in [0.4, 0.5) is 4.39 Å². The van der Waals surface area contributed by atoms with Gasteiger partial charge in [-0.3, -0.25) is 0 Å². The smallest absolute Gasteiger partial charge is 0.128 e. The van der Waals surface area contributed by atoms with Crippen LogP contribution in [0.15, 0.2) is 22.7 Å². The molecule has 1 aliphatic rings. The fourth-order valence-electron chi connectivity index (χ4n) is 1.34. The van der Waals surface area contributed by atoms with Crippen LogP contribution in [0.5, 0.6) is 0 Å². The van der Waals surface area contributed by atoms with Gasteiger partial charge in [-0.1, -0.05) is 15.9 Å². The van der Waals surface area contributed by atoms with Crippen LogP contribution < -0.4 is 5.32 Å². The van der Waals surface area contributed by atoms with E-state index in [0.29, 0.717) is 0 Å².